The van der Waals surface area contributed by atoms with Crippen molar-refractivity contribution in [2.24, 2.45) is 11.8 Å². The van der Waals surface area contributed by atoms with Gasteiger partial charge in [0.2, 0.25) is 0 Å². The molecule has 2 aliphatic rings. The molecule has 0 aromatic heterocycles. The van der Waals surface area contributed by atoms with Gasteiger partial charge in [0, 0.05) is 0 Å². The summed E-state index contributed by atoms with van der Waals surface area (Å²) in [4.78, 5) is 0. The largest absolute Gasteiger partial charge is 0.390 e. The SMILES string of the molecule is CC1CC(O)(C2CCNCC2)C1. The van der Waals surface area contributed by atoms with Crippen molar-refractivity contribution in [2.45, 2.75) is 38.2 Å². The number of piperidine rings is 1. The minimum absolute atomic E-state index is 0.276. The average Bonchev–Trinajstić information content (AvgIpc) is 2.04. The number of nitrogens with one attached hydrogen (secondary N) is 1. The molecule has 2 N–H and O–H groups in total. The number of hydrogen-bond donors (Lipinski definition) is 2. The van der Waals surface area contributed by atoms with E-state index < -0.39 is 0 Å². The Bertz CT molecular complexity index is 157. The first-order valence-electron chi connectivity index (χ1n) is 5.14. The third-order valence-electron chi connectivity index (χ3n) is 3.50. The highest BCUT2D eigenvalue weighted by Gasteiger charge is 2.46. The van der Waals surface area contributed by atoms with Crippen molar-refractivity contribution in [3.8, 4) is 0 Å². The third kappa shape index (κ3) is 1.38. The summed E-state index contributed by atoms with van der Waals surface area (Å²) in [5, 5.41) is 13.5. The standard InChI is InChI=1S/C10H19NO/c1-8-6-10(12,7-8)9-2-4-11-5-3-9/h8-9,11-12H,2-7H2,1H3. The van der Waals surface area contributed by atoms with E-state index in [1.54, 1.807) is 0 Å². The van der Waals surface area contributed by atoms with E-state index in [1.807, 2.05) is 0 Å². The minimum Gasteiger partial charge on any atom is -0.390 e. The molecule has 2 fully saturated rings. The van der Waals surface area contributed by atoms with Gasteiger partial charge in [-0.2, -0.15) is 0 Å². The van der Waals surface area contributed by atoms with Crippen LogP contribution < -0.4 is 5.32 Å². The van der Waals surface area contributed by atoms with Gasteiger partial charge in [0.25, 0.3) is 0 Å². The molecule has 0 unspecified atom stereocenters. The van der Waals surface area contributed by atoms with Gasteiger partial charge in [-0.3, -0.25) is 0 Å². The van der Waals surface area contributed by atoms with E-state index in [2.05, 4.69) is 12.2 Å². The fraction of sp³-hybridized carbons (Fsp3) is 1.00. The highest BCUT2D eigenvalue weighted by molar-refractivity contribution is 4.98. The van der Waals surface area contributed by atoms with Gasteiger partial charge in [-0.25, -0.2) is 0 Å². The molecule has 0 bridgehead atoms. The molecule has 0 amide bonds. The molecule has 1 aliphatic heterocycles. The first kappa shape index (κ1) is 8.52. The number of hydrogen-bond acceptors (Lipinski definition) is 2. The van der Waals surface area contributed by atoms with Crippen LogP contribution in [0.2, 0.25) is 0 Å². The zero-order valence-corrected chi connectivity index (χ0v) is 7.84. The zero-order valence-electron chi connectivity index (χ0n) is 7.84. The molecule has 1 saturated carbocycles. The summed E-state index contributed by atoms with van der Waals surface area (Å²) in [6.45, 7) is 4.43. The summed E-state index contributed by atoms with van der Waals surface area (Å²) in [6.07, 6.45) is 4.42. The van der Waals surface area contributed by atoms with Crippen LogP contribution in [0.25, 0.3) is 0 Å². The van der Waals surface area contributed by atoms with Crippen molar-refractivity contribution in [3.05, 3.63) is 0 Å². The summed E-state index contributed by atoms with van der Waals surface area (Å²) >= 11 is 0. The fourth-order valence-corrected chi connectivity index (χ4v) is 2.84. The highest BCUT2D eigenvalue weighted by Crippen LogP contribution is 2.45. The lowest BCUT2D eigenvalue weighted by Crippen LogP contribution is -2.51. The Morgan fingerprint density at radius 1 is 1.25 bits per heavy atom. The average molecular weight is 169 g/mol. The van der Waals surface area contributed by atoms with Gasteiger partial charge < -0.3 is 10.4 Å². The van der Waals surface area contributed by atoms with Gasteiger partial charge in [-0.1, -0.05) is 6.92 Å². The Labute approximate surface area is 74.4 Å². The summed E-state index contributed by atoms with van der Waals surface area (Å²) in [7, 11) is 0. The van der Waals surface area contributed by atoms with Crippen molar-refractivity contribution >= 4 is 0 Å². The van der Waals surface area contributed by atoms with Crippen LogP contribution in [-0.2, 0) is 0 Å². The van der Waals surface area contributed by atoms with Crippen molar-refractivity contribution in [2.75, 3.05) is 13.1 Å². The first-order chi connectivity index (χ1) is 5.71. The summed E-state index contributed by atoms with van der Waals surface area (Å²) < 4.78 is 0. The van der Waals surface area contributed by atoms with Crippen LogP contribution in [0.5, 0.6) is 0 Å². The maximum Gasteiger partial charge on any atom is 0.0681 e. The third-order valence-corrected chi connectivity index (χ3v) is 3.50. The maximum absolute atomic E-state index is 10.2. The smallest absolute Gasteiger partial charge is 0.0681 e. The minimum atomic E-state index is -0.276. The Kier molecular flexibility index (Phi) is 2.13. The molecule has 2 rings (SSSR count). The summed E-state index contributed by atoms with van der Waals surface area (Å²) in [5.41, 5.74) is -0.276. The van der Waals surface area contributed by atoms with Crippen molar-refractivity contribution in [1.82, 2.24) is 5.32 Å². The van der Waals surface area contributed by atoms with E-state index >= 15 is 0 Å². The molecule has 2 nitrogen and oxygen atoms in total. The Balaban J connectivity index is 1.90. The van der Waals surface area contributed by atoms with Crippen LogP contribution in [0.4, 0.5) is 0 Å². The second-order valence-electron chi connectivity index (χ2n) is 4.64. The Morgan fingerprint density at radius 2 is 1.83 bits per heavy atom. The molecule has 12 heavy (non-hydrogen) atoms. The van der Waals surface area contributed by atoms with Crippen molar-refractivity contribution in [3.63, 3.8) is 0 Å². The molecule has 0 atom stereocenters. The highest BCUT2D eigenvalue weighted by atomic mass is 16.3. The van der Waals surface area contributed by atoms with E-state index in [0.717, 1.165) is 31.8 Å². The second-order valence-corrected chi connectivity index (χ2v) is 4.64. The van der Waals surface area contributed by atoms with Crippen LogP contribution in [-0.4, -0.2) is 23.8 Å². The van der Waals surface area contributed by atoms with Gasteiger partial charge in [-0.05, 0) is 50.6 Å². The normalized spacial score (nSPS) is 44.0. The van der Waals surface area contributed by atoms with Crippen molar-refractivity contribution < 1.29 is 5.11 Å². The molecule has 0 spiro atoms. The summed E-state index contributed by atoms with van der Waals surface area (Å²) in [6, 6.07) is 0. The van der Waals surface area contributed by atoms with Crippen LogP contribution >= 0.6 is 0 Å². The monoisotopic (exact) mass is 169 g/mol. The van der Waals surface area contributed by atoms with Gasteiger partial charge in [0.15, 0.2) is 0 Å². The van der Waals surface area contributed by atoms with Crippen LogP contribution in [0.3, 0.4) is 0 Å². The van der Waals surface area contributed by atoms with Crippen LogP contribution in [0.15, 0.2) is 0 Å². The quantitative estimate of drug-likeness (QED) is 0.617. The Hall–Kier alpha value is -0.0800. The molecule has 0 aromatic carbocycles. The van der Waals surface area contributed by atoms with E-state index in [4.69, 9.17) is 0 Å². The lowest BCUT2D eigenvalue weighted by molar-refractivity contribution is -0.120. The van der Waals surface area contributed by atoms with E-state index in [9.17, 15) is 5.11 Å². The molecule has 2 heteroatoms. The molecule has 0 aromatic rings. The van der Waals surface area contributed by atoms with Crippen molar-refractivity contribution in [1.29, 1.82) is 0 Å². The molecule has 1 heterocycles. The summed E-state index contributed by atoms with van der Waals surface area (Å²) in [5.74, 6) is 1.33. The van der Waals surface area contributed by atoms with Gasteiger partial charge in [-0.15, -0.1) is 0 Å². The van der Waals surface area contributed by atoms with Gasteiger partial charge in [0.1, 0.15) is 0 Å². The number of aliphatic hydroxyl groups is 1. The molecule has 70 valence electrons. The van der Waals surface area contributed by atoms with E-state index in [0.29, 0.717) is 5.92 Å². The fourth-order valence-electron chi connectivity index (χ4n) is 2.84. The molecule has 1 aliphatic carbocycles. The molecule has 1 saturated heterocycles. The molecular formula is C10H19NO. The maximum atomic E-state index is 10.2. The zero-order chi connectivity index (χ0) is 8.60. The second kappa shape index (κ2) is 3.00. The van der Waals surface area contributed by atoms with Crippen LogP contribution in [0.1, 0.15) is 32.6 Å². The van der Waals surface area contributed by atoms with Crippen LogP contribution in [0, 0.1) is 11.8 Å². The number of rotatable bonds is 1. The lowest BCUT2D eigenvalue weighted by Gasteiger charge is -2.48. The topological polar surface area (TPSA) is 32.3 Å². The van der Waals surface area contributed by atoms with Gasteiger partial charge >= 0.3 is 0 Å². The van der Waals surface area contributed by atoms with E-state index in [1.165, 1.54) is 12.8 Å². The Morgan fingerprint density at radius 3 is 2.33 bits per heavy atom. The van der Waals surface area contributed by atoms with Gasteiger partial charge in [0.05, 0.1) is 5.60 Å². The molecule has 0 radical (unpaired) electrons. The predicted molar refractivity (Wildman–Crippen MR) is 48.9 cm³/mol. The first-order valence-corrected chi connectivity index (χ1v) is 5.14. The lowest BCUT2D eigenvalue weighted by atomic mass is 9.63. The van der Waals surface area contributed by atoms with E-state index in [-0.39, 0.29) is 5.60 Å². The molecular weight excluding hydrogens is 150 g/mol. The predicted octanol–water partition coefficient (Wildman–Crippen LogP) is 1.15.